The first-order valence-corrected chi connectivity index (χ1v) is 12.4. The van der Waals surface area contributed by atoms with Gasteiger partial charge in [-0.3, -0.25) is 14.9 Å². The summed E-state index contributed by atoms with van der Waals surface area (Å²) in [4.78, 5) is 28.8. The summed E-state index contributed by atoms with van der Waals surface area (Å²) in [6.07, 6.45) is 2.31. The van der Waals surface area contributed by atoms with E-state index in [-0.39, 0.29) is 23.8 Å². The van der Waals surface area contributed by atoms with E-state index in [1.54, 1.807) is 36.4 Å². The molecule has 4 rings (SSSR count). The third-order valence-electron chi connectivity index (χ3n) is 5.93. The number of halogens is 1. The van der Waals surface area contributed by atoms with Crippen molar-refractivity contribution >= 4 is 38.7 Å². The van der Waals surface area contributed by atoms with Crippen molar-refractivity contribution in [1.29, 1.82) is 0 Å². The molecule has 0 amide bonds. The number of benzene rings is 3. The first-order valence-electron chi connectivity index (χ1n) is 11.6. The predicted octanol–water partition coefficient (Wildman–Crippen LogP) is 6.05. The van der Waals surface area contributed by atoms with Gasteiger partial charge in [-0.25, -0.2) is 4.98 Å². The van der Waals surface area contributed by atoms with E-state index >= 15 is 0 Å². The first kappa shape index (κ1) is 26.0. The molecule has 0 spiro atoms. The molecule has 0 unspecified atom stereocenters. The second-order valence-electron chi connectivity index (χ2n) is 8.40. The van der Waals surface area contributed by atoms with Crippen LogP contribution >= 0.6 is 15.9 Å². The zero-order chi connectivity index (χ0) is 26.5. The zero-order valence-corrected chi connectivity index (χ0v) is 22.1. The van der Waals surface area contributed by atoms with Crippen LogP contribution in [-0.2, 0) is 6.61 Å². The third kappa shape index (κ3) is 5.69. The van der Waals surface area contributed by atoms with Gasteiger partial charge >= 0.3 is 0 Å². The normalized spacial score (nSPS) is 12.1. The number of fused-ring (bicyclic) bond motifs is 1. The van der Waals surface area contributed by atoms with E-state index in [0.29, 0.717) is 39.4 Å². The van der Waals surface area contributed by atoms with Crippen LogP contribution in [0.15, 0.2) is 75.0 Å². The van der Waals surface area contributed by atoms with Crippen molar-refractivity contribution in [1.82, 2.24) is 9.66 Å². The number of nitro groups is 1. The van der Waals surface area contributed by atoms with Crippen LogP contribution in [0.4, 0.5) is 5.69 Å². The van der Waals surface area contributed by atoms with Crippen molar-refractivity contribution in [2.75, 3.05) is 7.11 Å². The largest absolute Gasteiger partial charge is 0.493 e. The van der Waals surface area contributed by atoms with Crippen LogP contribution in [0.2, 0.25) is 0 Å². The minimum Gasteiger partial charge on any atom is -0.493 e. The molecule has 0 aliphatic heterocycles. The highest BCUT2D eigenvalue weighted by Gasteiger charge is 2.17. The molecule has 0 radical (unpaired) electrons. The molecule has 190 valence electrons. The van der Waals surface area contributed by atoms with Gasteiger partial charge in [0.25, 0.3) is 11.2 Å². The molecule has 0 N–H and O–H groups in total. The van der Waals surface area contributed by atoms with Crippen LogP contribution in [0, 0.1) is 10.1 Å². The van der Waals surface area contributed by atoms with E-state index in [1.807, 2.05) is 26.0 Å². The molecular weight excluding hydrogens is 540 g/mol. The van der Waals surface area contributed by atoms with E-state index in [2.05, 4.69) is 21.0 Å². The lowest BCUT2D eigenvalue weighted by molar-refractivity contribution is -0.384. The average Bonchev–Trinajstić information content (AvgIpc) is 2.91. The van der Waals surface area contributed by atoms with E-state index in [1.165, 1.54) is 30.1 Å². The average molecular weight is 565 g/mol. The van der Waals surface area contributed by atoms with E-state index in [4.69, 9.17) is 14.5 Å². The van der Waals surface area contributed by atoms with Crippen LogP contribution in [0.3, 0.4) is 0 Å². The van der Waals surface area contributed by atoms with Gasteiger partial charge in [0.1, 0.15) is 12.4 Å². The number of nitrogens with zero attached hydrogens (tertiary/aromatic N) is 4. The van der Waals surface area contributed by atoms with E-state index < -0.39 is 4.92 Å². The number of hydrogen-bond donors (Lipinski definition) is 0. The molecule has 0 bridgehead atoms. The standard InChI is InChI=1S/C27H25BrN4O5/c1-4-17(2)26-30-23-12-11-20(28)14-22(23)27(33)31(26)29-15-19-8-6-10-24(36-3)25(19)37-16-18-7-5-9-21(13-18)32(34)35/h5-15,17H,4,16H2,1-3H3/t17-/m0/s1. The van der Waals surface area contributed by atoms with Gasteiger partial charge in [-0.15, -0.1) is 0 Å². The Balaban J connectivity index is 1.75. The van der Waals surface area contributed by atoms with Crippen LogP contribution in [0.25, 0.3) is 10.9 Å². The molecule has 0 aliphatic carbocycles. The fraction of sp³-hybridized carbons (Fsp3) is 0.222. The Morgan fingerprint density at radius 1 is 1.19 bits per heavy atom. The lowest BCUT2D eigenvalue weighted by Crippen LogP contribution is -2.23. The molecule has 1 atom stereocenters. The van der Waals surface area contributed by atoms with Crippen molar-refractivity contribution in [2.24, 2.45) is 5.10 Å². The highest BCUT2D eigenvalue weighted by Crippen LogP contribution is 2.31. The Labute approximate surface area is 221 Å². The second kappa shape index (κ2) is 11.3. The molecular formula is C27H25BrN4O5. The van der Waals surface area contributed by atoms with Crippen LogP contribution < -0.4 is 15.0 Å². The number of para-hydroxylation sites is 1. The zero-order valence-electron chi connectivity index (χ0n) is 20.6. The van der Waals surface area contributed by atoms with Crippen LogP contribution in [0.5, 0.6) is 11.5 Å². The van der Waals surface area contributed by atoms with E-state index in [0.717, 1.165) is 10.9 Å². The Bertz CT molecular complexity index is 1550. The molecule has 0 saturated carbocycles. The number of rotatable bonds is 9. The first-order chi connectivity index (χ1) is 17.8. The van der Waals surface area contributed by atoms with Gasteiger partial charge in [0.15, 0.2) is 11.5 Å². The topological polar surface area (TPSA) is 109 Å². The number of non-ortho nitro benzene ring substituents is 1. The minimum absolute atomic E-state index is 0.00667. The van der Waals surface area contributed by atoms with Crippen LogP contribution in [0.1, 0.15) is 43.1 Å². The van der Waals surface area contributed by atoms with Gasteiger partial charge in [0.2, 0.25) is 0 Å². The Morgan fingerprint density at radius 2 is 1.97 bits per heavy atom. The molecule has 0 fully saturated rings. The van der Waals surface area contributed by atoms with Crippen molar-refractivity contribution in [3.63, 3.8) is 0 Å². The molecule has 1 aromatic heterocycles. The molecule has 0 aliphatic rings. The summed E-state index contributed by atoms with van der Waals surface area (Å²) in [7, 11) is 1.52. The van der Waals surface area contributed by atoms with Gasteiger partial charge in [-0.2, -0.15) is 9.78 Å². The van der Waals surface area contributed by atoms with Gasteiger partial charge in [-0.05, 0) is 42.3 Å². The summed E-state index contributed by atoms with van der Waals surface area (Å²) in [5.74, 6) is 1.41. The van der Waals surface area contributed by atoms with Gasteiger partial charge in [0, 0.05) is 28.1 Å². The monoisotopic (exact) mass is 564 g/mol. The fourth-order valence-corrected chi connectivity index (χ4v) is 4.13. The molecule has 0 saturated heterocycles. The second-order valence-corrected chi connectivity index (χ2v) is 9.31. The quantitative estimate of drug-likeness (QED) is 0.139. The van der Waals surface area contributed by atoms with Gasteiger partial charge in [-0.1, -0.05) is 48.0 Å². The molecule has 4 aromatic rings. The maximum Gasteiger partial charge on any atom is 0.282 e. The summed E-state index contributed by atoms with van der Waals surface area (Å²) in [6.45, 7) is 4.10. The SMILES string of the molecule is CC[C@H](C)c1nc2ccc(Br)cc2c(=O)n1N=Cc1cccc(OC)c1OCc1cccc([N+](=O)[O-])c1. The summed E-state index contributed by atoms with van der Waals surface area (Å²) in [5.41, 5.74) is 1.51. The Kier molecular flexibility index (Phi) is 7.98. The van der Waals surface area contributed by atoms with Crippen molar-refractivity contribution in [2.45, 2.75) is 32.8 Å². The van der Waals surface area contributed by atoms with Crippen molar-refractivity contribution in [3.8, 4) is 11.5 Å². The third-order valence-corrected chi connectivity index (χ3v) is 6.43. The predicted molar refractivity (Wildman–Crippen MR) is 146 cm³/mol. The fourth-order valence-electron chi connectivity index (χ4n) is 3.76. The van der Waals surface area contributed by atoms with Gasteiger partial charge < -0.3 is 9.47 Å². The lowest BCUT2D eigenvalue weighted by atomic mass is 10.1. The smallest absolute Gasteiger partial charge is 0.282 e. The lowest BCUT2D eigenvalue weighted by Gasteiger charge is -2.15. The summed E-state index contributed by atoms with van der Waals surface area (Å²) < 4.78 is 13.6. The molecule has 9 nitrogen and oxygen atoms in total. The number of hydrogen-bond acceptors (Lipinski definition) is 7. The molecule has 37 heavy (non-hydrogen) atoms. The summed E-state index contributed by atoms with van der Waals surface area (Å²) in [5, 5.41) is 16.1. The summed E-state index contributed by atoms with van der Waals surface area (Å²) >= 11 is 3.42. The number of nitro benzene ring substituents is 1. The van der Waals surface area contributed by atoms with Gasteiger partial charge in [0.05, 0.1) is 29.2 Å². The number of ether oxygens (including phenoxy) is 2. The Hall–Kier alpha value is -4.05. The highest BCUT2D eigenvalue weighted by molar-refractivity contribution is 9.10. The number of aromatic nitrogens is 2. The molecule has 10 heteroatoms. The van der Waals surface area contributed by atoms with Crippen molar-refractivity contribution < 1.29 is 14.4 Å². The highest BCUT2D eigenvalue weighted by atomic mass is 79.9. The maximum absolute atomic E-state index is 13.4. The number of methoxy groups -OCH3 is 1. The van der Waals surface area contributed by atoms with Crippen molar-refractivity contribution in [3.05, 3.63) is 103 Å². The Morgan fingerprint density at radius 3 is 2.70 bits per heavy atom. The molecule has 1 heterocycles. The summed E-state index contributed by atoms with van der Waals surface area (Å²) in [6, 6.07) is 16.9. The van der Waals surface area contributed by atoms with E-state index in [9.17, 15) is 14.9 Å². The van der Waals surface area contributed by atoms with Crippen LogP contribution in [-0.4, -0.2) is 27.9 Å². The maximum atomic E-state index is 13.4. The molecule has 3 aromatic carbocycles. The minimum atomic E-state index is -0.451.